The Morgan fingerprint density at radius 1 is 1.50 bits per heavy atom. The van der Waals surface area contributed by atoms with Gasteiger partial charge in [0.1, 0.15) is 6.10 Å². The number of aliphatic hydroxyl groups is 1. The molecule has 3 rings (SSSR count). The second kappa shape index (κ2) is 4.09. The molecular weight excluding hydrogens is 228 g/mol. The SMILES string of the molecule is C=C1C(=O)O[C@@H]2C=C(C)[C@@H]3CCC(CO)=C[C@@H]3[C@H]12. The first-order chi connectivity index (χ1) is 8.61. The first-order valence-electron chi connectivity index (χ1n) is 6.50. The van der Waals surface area contributed by atoms with Crippen molar-refractivity contribution in [2.75, 3.05) is 6.61 Å². The molecule has 1 saturated heterocycles. The number of rotatable bonds is 1. The van der Waals surface area contributed by atoms with Gasteiger partial charge in [0.05, 0.1) is 6.61 Å². The van der Waals surface area contributed by atoms with Crippen LogP contribution in [0.5, 0.6) is 0 Å². The average molecular weight is 246 g/mol. The Balaban J connectivity index is 2.02. The third-order valence-electron chi connectivity index (χ3n) is 4.56. The highest BCUT2D eigenvalue weighted by atomic mass is 16.6. The minimum atomic E-state index is -0.265. The zero-order valence-corrected chi connectivity index (χ0v) is 10.6. The fourth-order valence-corrected chi connectivity index (χ4v) is 3.60. The molecule has 1 aliphatic heterocycles. The number of allylic oxidation sites excluding steroid dienone is 2. The highest BCUT2D eigenvalue weighted by Crippen LogP contribution is 2.48. The molecule has 1 fully saturated rings. The van der Waals surface area contributed by atoms with Gasteiger partial charge in [-0.2, -0.15) is 0 Å². The van der Waals surface area contributed by atoms with Gasteiger partial charge in [0.25, 0.3) is 0 Å². The van der Waals surface area contributed by atoms with Crippen molar-refractivity contribution < 1.29 is 14.6 Å². The molecule has 0 amide bonds. The van der Waals surface area contributed by atoms with E-state index in [-0.39, 0.29) is 30.5 Å². The summed E-state index contributed by atoms with van der Waals surface area (Å²) in [5, 5.41) is 9.30. The van der Waals surface area contributed by atoms with E-state index in [2.05, 4.69) is 25.7 Å². The second-order valence-corrected chi connectivity index (χ2v) is 5.54. The normalized spacial score (nSPS) is 38.6. The maximum Gasteiger partial charge on any atom is 0.334 e. The molecule has 0 bridgehead atoms. The van der Waals surface area contributed by atoms with Gasteiger partial charge in [-0.1, -0.05) is 18.2 Å². The van der Waals surface area contributed by atoms with Gasteiger partial charge in [0, 0.05) is 11.5 Å². The Bertz CT molecular complexity index is 472. The van der Waals surface area contributed by atoms with Crippen LogP contribution in [-0.2, 0) is 9.53 Å². The van der Waals surface area contributed by atoms with E-state index in [9.17, 15) is 9.90 Å². The van der Waals surface area contributed by atoms with Crippen LogP contribution in [0.1, 0.15) is 19.8 Å². The van der Waals surface area contributed by atoms with Crippen LogP contribution in [0, 0.1) is 17.8 Å². The van der Waals surface area contributed by atoms with Gasteiger partial charge in [0.2, 0.25) is 0 Å². The number of ether oxygens (including phenoxy) is 1. The second-order valence-electron chi connectivity index (χ2n) is 5.54. The van der Waals surface area contributed by atoms with Crippen LogP contribution in [0.3, 0.4) is 0 Å². The Hall–Kier alpha value is -1.35. The quantitative estimate of drug-likeness (QED) is 0.437. The summed E-state index contributed by atoms with van der Waals surface area (Å²) < 4.78 is 5.36. The topological polar surface area (TPSA) is 46.5 Å². The lowest BCUT2D eigenvalue weighted by Gasteiger charge is -2.39. The number of hydrogen-bond donors (Lipinski definition) is 1. The Morgan fingerprint density at radius 2 is 2.28 bits per heavy atom. The predicted octanol–water partition coefficient (Wildman–Crippen LogP) is 1.99. The lowest BCUT2D eigenvalue weighted by Crippen LogP contribution is -2.35. The monoisotopic (exact) mass is 246 g/mol. The van der Waals surface area contributed by atoms with Crippen LogP contribution in [0.4, 0.5) is 0 Å². The number of fused-ring (bicyclic) bond motifs is 3. The van der Waals surface area contributed by atoms with Gasteiger partial charge >= 0.3 is 5.97 Å². The predicted molar refractivity (Wildman–Crippen MR) is 67.6 cm³/mol. The van der Waals surface area contributed by atoms with Crippen molar-refractivity contribution in [3.8, 4) is 0 Å². The summed E-state index contributed by atoms with van der Waals surface area (Å²) in [5.41, 5.74) is 2.98. The maximum absolute atomic E-state index is 11.7. The van der Waals surface area contributed by atoms with E-state index in [1.54, 1.807) is 0 Å². The Labute approximate surface area is 107 Å². The zero-order chi connectivity index (χ0) is 12.9. The molecule has 18 heavy (non-hydrogen) atoms. The molecule has 0 unspecified atom stereocenters. The maximum atomic E-state index is 11.7. The molecule has 0 aromatic rings. The molecule has 0 aromatic heterocycles. The Morgan fingerprint density at radius 3 is 3.00 bits per heavy atom. The number of aliphatic hydroxyl groups excluding tert-OH is 1. The summed E-state index contributed by atoms with van der Waals surface area (Å²) in [7, 11) is 0. The van der Waals surface area contributed by atoms with Crippen molar-refractivity contribution in [1.82, 2.24) is 0 Å². The lowest BCUT2D eigenvalue weighted by molar-refractivity contribution is -0.137. The van der Waals surface area contributed by atoms with E-state index < -0.39 is 0 Å². The minimum absolute atomic E-state index is 0.0630. The first-order valence-corrected chi connectivity index (χ1v) is 6.50. The number of esters is 1. The molecule has 1 heterocycles. The molecule has 1 N–H and O–H groups in total. The van der Waals surface area contributed by atoms with Crippen molar-refractivity contribution >= 4 is 5.97 Å². The van der Waals surface area contributed by atoms with Crippen molar-refractivity contribution in [3.05, 3.63) is 35.5 Å². The van der Waals surface area contributed by atoms with Gasteiger partial charge < -0.3 is 9.84 Å². The molecule has 2 aliphatic carbocycles. The Kier molecular flexibility index (Phi) is 2.67. The van der Waals surface area contributed by atoms with Gasteiger partial charge in [-0.05, 0) is 43.3 Å². The molecule has 3 heteroatoms. The third kappa shape index (κ3) is 1.57. The van der Waals surface area contributed by atoms with Crippen LogP contribution < -0.4 is 0 Å². The molecule has 0 spiro atoms. The van der Waals surface area contributed by atoms with Crippen molar-refractivity contribution in [3.63, 3.8) is 0 Å². The van der Waals surface area contributed by atoms with Crippen molar-refractivity contribution in [2.24, 2.45) is 17.8 Å². The standard InChI is InChI=1S/C15H18O3/c1-8-5-13-14(9(2)15(17)18-13)12-6-10(7-16)3-4-11(8)12/h5-6,11-14,16H,2-4,7H2,1H3/t11-,12-,13+,14-/m0/s1. The molecular formula is C15H18O3. The highest BCUT2D eigenvalue weighted by molar-refractivity contribution is 5.91. The molecule has 3 nitrogen and oxygen atoms in total. The van der Waals surface area contributed by atoms with Crippen LogP contribution in [0.15, 0.2) is 35.5 Å². The molecule has 0 radical (unpaired) electrons. The van der Waals surface area contributed by atoms with E-state index in [1.165, 1.54) is 5.57 Å². The van der Waals surface area contributed by atoms with Gasteiger partial charge in [-0.15, -0.1) is 0 Å². The fraction of sp³-hybridized carbons (Fsp3) is 0.533. The van der Waals surface area contributed by atoms with Gasteiger partial charge in [-0.3, -0.25) is 0 Å². The van der Waals surface area contributed by atoms with Crippen LogP contribution in [-0.4, -0.2) is 23.8 Å². The van der Waals surface area contributed by atoms with Crippen LogP contribution in [0.25, 0.3) is 0 Å². The van der Waals surface area contributed by atoms with Crippen LogP contribution in [0.2, 0.25) is 0 Å². The van der Waals surface area contributed by atoms with Crippen molar-refractivity contribution in [2.45, 2.75) is 25.9 Å². The highest BCUT2D eigenvalue weighted by Gasteiger charge is 2.48. The van der Waals surface area contributed by atoms with Gasteiger partial charge in [-0.25, -0.2) is 4.79 Å². The summed E-state index contributed by atoms with van der Waals surface area (Å²) >= 11 is 0. The smallest absolute Gasteiger partial charge is 0.334 e. The molecule has 96 valence electrons. The molecule has 0 saturated carbocycles. The third-order valence-corrected chi connectivity index (χ3v) is 4.56. The van der Waals surface area contributed by atoms with Crippen LogP contribution >= 0.6 is 0 Å². The number of carbonyl (C=O) groups excluding carboxylic acids is 1. The van der Waals surface area contributed by atoms with E-state index in [0.29, 0.717) is 11.5 Å². The summed E-state index contributed by atoms with van der Waals surface area (Å²) in [5.74, 6) is 0.523. The van der Waals surface area contributed by atoms with E-state index >= 15 is 0 Å². The fourth-order valence-electron chi connectivity index (χ4n) is 3.60. The summed E-state index contributed by atoms with van der Waals surface area (Å²) in [6.07, 6.45) is 6.07. The number of carbonyl (C=O) groups is 1. The minimum Gasteiger partial charge on any atom is -0.454 e. The largest absolute Gasteiger partial charge is 0.454 e. The molecule has 3 aliphatic rings. The summed E-state index contributed by atoms with van der Waals surface area (Å²) in [6.45, 7) is 6.12. The van der Waals surface area contributed by atoms with E-state index in [1.807, 2.05) is 0 Å². The van der Waals surface area contributed by atoms with Gasteiger partial charge in [0.15, 0.2) is 0 Å². The number of hydrogen-bond acceptors (Lipinski definition) is 3. The lowest BCUT2D eigenvalue weighted by atomic mass is 9.65. The molecule has 4 atom stereocenters. The average Bonchev–Trinajstić information content (AvgIpc) is 2.64. The van der Waals surface area contributed by atoms with E-state index in [0.717, 1.165) is 18.4 Å². The van der Waals surface area contributed by atoms with Crippen molar-refractivity contribution in [1.29, 1.82) is 0 Å². The van der Waals surface area contributed by atoms with E-state index in [4.69, 9.17) is 4.74 Å². The zero-order valence-electron chi connectivity index (χ0n) is 10.6. The molecule has 0 aromatic carbocycles. The summed E-state index contributed by atoms with van der Waals surface area (Å²) in [4.78, 5) is 11.7. The first kappa shape index (κ1) is 11.7. The summed E-state index contributed by atoms with van der Waals surface area (Å²) in [6, 6.07) is 0.